The van der Waals surface area contributed by atoms with Crippen LogP contribution in [-0.4, -0.2) is 65.6 Å². The summed E-state index contributed by atoms with van der Waals surface area (Å²) < 4.78 is 51.1. The van der Waals surface area contributed by atoms with E-state index in [9.17, 15) is 13.5 Å². The van der Waals surface area contributed by atoms with Crippen molar-refractivity contribution >= 4 is 18.2 Å². The van der Waals surface area contributed by atoms with Crippen molar-refractivity contribution in [1.82, 2.24) is 0 Å². The van der Waals surface area contributed by atoms with Crippen LogP contribution in [0, 0.1) is 17.3 Å². The number of hydrogen-bond acceptors (Lipinski definition) is 7. The summed E-state index contributed by atoms with van der Waals surface area (Å²) >= 11 is 0. The van der Waals surface area contributed by atoms with Gasteiger partial charge in [0.05, 0.1) is 42.7 Å². The minimum atomic E-state index is -3.53. The molecule has 4 fully saturated rings. The molecule has 3 aliphatic heterocycles. The van der Waals surface area contributed by atoms with E-state index in [1.807, 2.05) is 6.07 Å². The number of aliphatic hydroxyl groups excluding tert-OH is 1. The Balaban J connectivity index is 1.41. The first-order chi connectivity index (χ1) is 18.6. The molecule has 1 aromatic rings. The number of aliphatic hydroxyl groups is 1. The van der Waals surface area contributed by atoms with Gasteiger partial charge in [0.1, 0.15) is 0 Å². The molecule has 3 saturated heterocycles. The van der Waals surface area contributed by atoms with Crippen LogP contribution in [0.3, 0.4) is 0 Å². The lowest BCUT2D eigenvalue weighted by Gasteiger charge is -2.50. The Kier molecular flexibility index (Phi) is 10.2. The van der Waals surface area contributed by atoms with Gasteiger partial charge in [-0.05, 0) is 61.9 Å². The zero-order valence-electron chi connectivity index (χ0n) is 24.1. The molecular weight excluding hydrogens is 532 g/mol. The maximum Gasteiger partial charge on any atom is 0.282 e. The third-order valence-corrected chi connectivity index (χ3v) is 15.7. The third-order valence-electron chi connectivity index (χ3n) is 9.19. The number of hydrogen-bond donors (Lipinski definition) is 1. The van der Waals surface area contributed by atoms with Crippen LogP contribution < -0.4 is 0 Å². The smallest absolute Gasteiger partial charge is 0.282 e. The summed E-state index contributed by atoms with van der Waals surface area (Å²) in [5, 5.41) is 11.1. The van der Waals surface area contributed by atoms with Crippen LogP contribution in [0.25, 0.3) is 0 Å². The van der Waals surface area contributed by atoms with E-state index in [4.69, 9.17) is 18.6 Å². The number of benzene rings is 1. The molecule has 9 heteroatoms. The van der Waals surface area contributed by atoms with Crippen LogP contribution >= 0.6 is 0 Å². The van der Waals surface area contributed by atoms with Crippen molar-refractivity contribution in [2.45, 2.75) is 101 Å². The lowest BCUT2D eigenvalue weighted by atomic mass is 9.91. The molecule has 0 radical (unpaired) electrons. The normalized spacial score (nSPS) is 33.3. The van der Waals surface area contributed by atoms with Gasteiger partial charge >= 0.3 is 0 Å². The molecule has 39 heavy (non-hydrogen) atoms. The van der Waals surface area contributed by atoms with Gasteiger partial charge < -0.3 is 23.7 Å². The maximum absolute atomic E-state index is 13.3. The first kappa shape index (κ1) is 30.9. The molecule has 3 heterocycles. The zero-order chi connectivity index (χ0) is 28.2. The van der Waals surface area contributed by atoms with Gasteiger partial charge in [0.25, 0.3) is 5.97 Å². The van der Waals surface area contributed by atoms with E-state index in [0.29, 0.717) is 44.0 Å². The van der Waals surface area contributed by atoms with Gasteiger partial charge in [0, 0.05) is 17.8 Å². The summed E-state index contributed by atoms with van der Waals surface area (Å²) in [6.45, 7) is 10.7. The Hall–Kier alpha value is -1.07. The quantitative estimate of drug-likeness (QED) is 0.171. The van der Waals surface area contributed by atoms with Crippen molar-refractivity contribution in [3.05, 3.63) is 42.5 Å². The Labute approximate surface area is 236 Å². The summed E-state index contributed by atoms with van der Waals surface area (Å²) in [4.78, 5) is 0.312. The second-order valence-corrected chi connectivity index (χ2v) is 18.8. The molecule has 1 aliphatic carbocycles. The SMILES string of the molecule is CC[Si](CC)(CC)O[C@@H]1C[C@@H](O)[C@H](CS(=O)(=O)c2ccccc2)[C@H]1C/C=C\CCCC12OCC(C)(CO1)CO2. The predicted molar refractivity (Wildman–Crippen MR) is 154 cm³/mol. The molecule has 1 saturated carbocycles. The number of ether oxygens (including phenoxy) is 3. The van der Waals surface area contributed by atoms with Gasteiger partial charge in [-0.25, -0.2) is 8.42 Å². The predicted octanol–water partition coefficient (Wildman–Crippen LogP) is 5.70. The Bertz CT molecular complexity index is 1020. The summed E-state index contributed by atoms with van der Waals surface area (Å²) in [5.41, 5.74) is -0.0373. The first-order valence-corrected chi connectivity index (χ1v) is 19.0. The minimum Gasteiger partial charge on any atom is -0.414 e. The van der Waals surface area contributed by atoms with Crippen LogP contribution in [-0.2, 0) is 28.5 Å². The average Bonchev–Trinajstić information content (AvgIpc) is 3.23. The fraction of sp³-hybridized carbons (Fsp3) is 0.733. The molecule has 1 N–H and O–H groups in total. The average molecular weight is 581 g/mol. The molecular formula is C30H48O7SSi. The van der Waals surface area contributed by atoms with Crippen molar-refractivity contribution in [3.8, 4) is 0 Å². The number of fused-ring (bicyclic) bond motifs is 3. The van der Waals surface area contributed by atoms with Crippen molar-refractivity contribution in [3.63, 3.8) is 0 Å². The fourth-order valence-electron chi connectivity index (χ4n) is 6.27. The second kappa shape index (κ2) is 12.8. The van der Waals surface area contributed by atoms with Crippen molar-refractivity contribution in [1.29, 1.82) is 0 Å². The number of sulfone groups is 1. The highest BCUT2D eigenvalue weighted by Crippen LogP contribution is 2.42. The molecule has 4 aliphatic rings. The van der Waals surface area contributed by atoms with Gasteiger partial charge in [-0.1, -0.05) is 58.0 Å². The Morgan fingerprint density at radius 1 is 1.00 bits per heavy atom. The molecule has 1 aromatic carbocycles. The minimum absolute atomic E-state index is 0.0373. The largest absolute Gasteiger partial charge is 0.414 e. The van der Waals surface area contributed by atoms with Crippen LogP contribution in [0.1, 0.15) is 59.8 Å². The van der Waals surface area contributed by atoms with E-state index in [-0.39, 0.29) is 29.1 Å². The van der Waals surface area contributed by atoms with Gasteiger partial charge in [-0.2, -0.15) is 0 Å². The molecule has 5 rings (SSSR count). The van der Waals surface area contributed by atoms with E-state index in [0.717, 1.165) is 31.0 Å². The molecule has 0 spiro atoms. The zero-order valence-corrected chi connectivity index (χ0v) is 26.0. The van der Waals surface area contributed by atoms with Gasteiger partial charge in [-0.15, -0.1) is 0 Å². The molecule has 220 valence electrons. The van der Waals surface area contributed by atoms with E-state index < -0.39 is 30.2 Å². The highest BCUT2D eigenvalue weighted by molar-refractivity contribution is 7.91. The van der Waals surface area contributed by atoms with E-state index in [1.54, 1.807) is 24.3 Å². The third kappa shape index (κ3) is 7.23. The molecule has 4 atom stereocenters. The van der Waals surface area contributed by atoms with Crippen LogP contribution in [0.4, 0.5) is 0 Å². The number of unbranched alkanes of at least 4 members (excludes halogenated alkanes) is 1. The van der Waals surface area contributed by atoms with Crippen LogP contribution in [0.15, 0.2) is 47.4 Å². The lowest BCUT2D eigenvalue weighted by molar-refractivity contribution is -0.467. The van der Waals surface area contributed by atoms with E-state index in [1.165, 1.54) is 0 Å². The lowest BCUT2D eigenvalue weighted by Crippen LogP contribution is -2.58. The molecule has 0 aromatic heterocycles. The molecule has 7 nitrogen and oxygen atoms in total. The molecule has 0 amide bonds. The standard InChI is InChI=1S/C30H48O7SSi/c1-5-39(6-2,7-3)37-28-19-27(31)26(20-38(32,33)24-15-11-10-12-16-24)25(28)17-13-8-9-14-18-30-34-21-29(4,22-35-30)23-36-30/h8,10-13,15-16,25-28,31H,5-7,9,14,17-23H2,1-4H3/b13-8-/t25-,26-,27-,28-,29?,30?/m1/s1. The highest BCUT2D eigenvalue weighted by atomic mass is 32.2. The number of rotatable bonds is 14. The molecule has 2 bridgehead atoms. The summed E-state index contributed by atoms with van der Waals surface area (Å²) in [6.07, 6.45) is 7.05. The Morgan fingerprint density at radius 3 is 2.21 bits per heavy atom. The highest BCUT2D eigenvalue weighted by Gasteiger charge is 2.50. The summed E-state index contributed by atoms with van der Waals surface area (Å²) in [5.74, 6) is -1.38. The molecule has 0 unspecified atom stereocenters. The van der Waals surface area contributed by atoms with Gasteiger partial charge in [0.15, 0.2) is 18.2 Å². The van der Waals surface area contributed by atoms with Crippen molar-refractivity contribution in [2.24, 2.45) is 17.3 Å². The first-order valence-electron chi connectivity index (χ1n) is 14.8. The maximum atomic E-state index is 13.3. The van der Waals surface area contributed by atoms with Crippen molar-refractivity contribution < 1.29 is 32.2 Å². The van der Waals surface area contributed by atoms with E-state index in [2.05, 4.69) is 39.8 Å². The van der Waals surface area contributed by atoms with Gasteiger partial charge in [-0.3, -0.25) is 0 Å². The summed E-state index contributed by atoms with van der Waals surface area (Å²) in [7, 11) is -5.45. The topological polar surface area (TPSA) is 91.3 Å². The van der Waals surface area contributed by atoms with E-state index >= 15 is 0 Å². The summed E-state index contributed by atoms with van der Waals surface area (Å²) in [6, 6.07) is 11.6. The Morgan fingerprint density at radius 2 is 1.62 bits per heavy atom. The second-order valence-electron chi connectivity index (χ2n) is 12.1. The number of allylic oxidation sites excluding steroid dienone is 2. The fourth-order valence-corrected chi connectivity index (χ4v) is 10.9. The van der Waals surface area contributed by atoms with Gasteiger partial charge in [0.2, 0.25) is 0 Å². The van der Waals surface area contributed by atoms with Crippen LogP contribution in [0.5, 0.6) is 0 Å². The van der Waals surface area contributed by atoms with Crippen LogP contribution in [0.2, 0.25) is 18.1 Å². The monoisotopic (exact) mass is 580 g/mol. The van der Waals surface area contributed by atoms with Crippen molar-refractivity contribution in [2.75, 3.05) is 25.6 Å².